The van der Waals surface area contributed by atoms with Gasteiger partial charge in [0.05, 0.1) is 28.4 Å². The number of nitrogens with one attached hydrogen (secondary N) is 1. The maximum atomic E-state index is 9.13. The van der Waals surface area contributed by atoms with Crippen molar-refractivity contribution in [2.75, 3.05) is 12.4 Å². The van der Waals surface area contributed by atoms with Crippen LogP contribution < -0.4 is 10.1 Å². The van der Waals surface area contributed by atoms with Gasteiger partial charge in [0.2, 0.25) is 0 Å². The molecule has 0 aliphatic heterocycles. The highest BCUT2D eigenvalue weighted by Crippen LogP contribution is 2.29. The molecule has 0 aliphatic carbocycles. The Balaban J connectivity index is 2.22. The number of para-hydroxylation sites is 1. The van der Waals surface area contributed by atoms with E-state index in [1.807, 2.05) is 6.07 Å². The van der Waals surface area contributed by atoms with Crippen molar-refractivity contribution in [2.24, 2.45) is 0 Å². The third-order valence-electron chi connectivity index (χ3n) is 2.82. The zero-order chi connectivity index (χ0) is 14.5. The first-order valence-corrected chi connectivity index (χ1v) is 6.66. The highest BCUT2D eigenvalue weighted by atomic mass is 35.5. The Hall–Kier alpha value is -1.89. The Morgan fingerprint density at radius 1 is 1.20 bits per heavy atom. The van der Waals surface area contributed by atoms with E-state index in [0.29, 0.717) is 33.6 Å². The van der Waals surface area contributed by atoms with Crippen LogP contribution in [0.2, 0.25) is 10.0 Å². The van der Waals surface area contributed by atoms with E-state index in [1.54, 1.807) is 37.4 Å². The average Bonchev–Trinajstić information content (AvgIpc) is 2.48. The summed E-state index contributed by atoms with van der Waals surface area (Å²) in [5.41, 5.74) is 2.17. The molecule has 2 aromatic rings. The van der Waals surface area contributed by atoms with E-state index in [9.17, 15) is 0 Å². The van der Waals surface area contributed by atoms with Gasteiger partial charge in [0.25, 0.3) is 0 Å². The third kappa shape index (κ3) is 3.16. The molecule has 0 saturated carbocycles. The van der Waals surface area contributed by atoms with Crippen LogP contribution in [0.4, 0.5) is 5.69 Å². The lowest BCUT2D eigenvalue weighted by molar-refractivity contribution is 0.416. The van der Waals surface area contributed by atoms with Crippen LogP contribution in [0.1, 0.15) is 11.1 Å². The van der Waals surface area contributed by atoms with Gasteiger partial charge in [-0.05, 0) is 29.8 Å². The molecule has 0 aliphatic rings. The van der Waals surface area contributed by atoms with Gasteiger partial charge in [-0.3, -0.25) is 0 Å². The second-order valence-corrected chi connectivity index (χ2v) is 4.91. The predicted molar refractivity (Wildman–Crippen MR) is 81.5 cm³/mol. The molecule has 102 valence electrons. The lowest BCUT2D eigenvalue weighted by Gasteiger charge is -2.13. The Morgan fingerprint density at radius 3 is 2.65 bits per heavy atom. The fourth-order valence-corrected chi connectivity index (χ4v) is 2.14. The smallest absolute Gasteiger partial charge is 0.143 e. The minimum absolute atomic E-state index is 0.506. The van der Waals surface area contributed by atoms with Crippen LogP contribution in [0.5, 0.6) is 5.75 Å². The Bertz CT molecular complexity index is 665. The molecule has 0 atom stereocenters. The summed E-state index contributed by atoms with van der Waals surface area (Å²) in [5, 5.41) is 13.4. The molecular weight excluding hydrogens is 295 g/mol. The van der Waals surface area contributed by atoms with Gasteiger partial charge in [0.1, 0.15) is 11.8 Å². The van der Waals surface area contributed by atoms with Crippen molar-refractivity contribution < 1.29 is 4.74 Å². The lowest BCUT2D eigenvalue weighted by Crippen LogP contribution is -2.03. The second kappa shape index (κ2) is 6.51. The number of halogens is 2. The number of methoxy groups -OCH3 is 1. The molecule has 0 spiro atoms. The number of hydrogen-bond donors (Lipinski definition) is 1. The van der Waals surface area contributed by atoms with Crippen LogP contribution in [0.3, 0.4) is 0 Å². The number of ether oxygens (including phenoxy) is 1. The Morgan fingerprint density at radius 2 is 2.00 bits per heavy atom. The molecule has 0 amide bonds. The largest absolute Gasteiger partial charge is 0.495 e. The molecule has 0 radical (unpaired) electrons. The number of hydrogen-bond acceptors (Lipinski definition) is 3. The minimum Gasteiger partial charge on any atom is -0.495 e. The Labute approximate surface area is 127 Å². The monoisotopic (exact) mass is 306 g/mol. The number of nitrogens with zero attached hydrogens (tertiary/aromatic N) is 1. The van der Waals surface area contributed by atoms with Gasteiger partial charge in [-0.25, -0.2) is 0 Å². The summed E-state index contributed by atoms with van der Waals surface area (Å²) in [7, 11) is 1.57. The van der Waals surface area contributed by atoms with E-state index < -0.39 is 0 Å². The van der Waals surface area contributed by atoms with Crippen LogP contribution in [0.15, 0.2) is 36.4 Å². The molecular formula is C15H12Cl2N2O. The van der Waals surface area contributed by atoms with Crippen molar-refractivity contribution in [1.82, 2.24) is 0 Å². The van der Waals surface area contributed by atoms with Crippen molar-refractivity contribution in [1.29, 1.82) is 5.26 Å². The van der Waals surface area contributed by atoms with Gasteiger partial charge in [-0.2, -0.15) is 5.26 Å². The summed E-state index contributed by atoms with van der Waals surface area (Å²) in [6, 6.07) is 12.9. The van der Waals surface area contributed by atoms with Crippen molar-refractivity contribution >= 4 is 28.9 Å². The highest BCUT2D eigenvalue weighted by Gasteiger charge is 2.08. The van der Waals surface area contributed by atoms with E-state index in [0.717, 1.165) is 5.56 Å². The zero-order valence-corrected chi connectivity index (χ0v) is 12.3. The van der Waals surface area contributed by atoms with Gasteiger partial charge < -0.3 is 10.1 Å². The summed E-state index contributed by atoms with van der Waals surface area (Å²) in [5.74, 6) is 0.629. The normalized spacial score (nSPS) is 9.90. The van der Waals surface area contributed by atoms with Gasteiger partial charge in [-0.15, -0.1) is 0 Å². The zero-order valence-electron chi connectivity index (χ0n) is 10.8. The predicted octanol–water partition coefficient (Wildman–Crippen LogP) is 4.49. The standard InChI is InChI=1S/C15H12Cl2N2O/c1-20-14-4-2-3-11(8-18)15(14)19-9-10-5-6-12(16)13(17)7-10/h2-7,19H,9H2,1H3. The van der Waals surface area contributed by atoms with Crippen LogP contribution >= 0.6 is 23.2 Å². The third-order valence-corrected chi connectivity index (χ3v) is 3.56. The fourth-order valence-electron chi connectivity index (χ4n) is 1.82. The highest BCUT2D eigenvalue weighted by molar-refractivity contribution is 6.42. The van der Waals surface area contributed by atoms with Gasteiger partial charge in [-0.1, -0.05) is 35.3 Å². The SMILES string of the molecule is COc1cccc(C#N)c1NCc1ccc(Cl)c(Cl)c1. The van der Waals surface area contributed by atoms with Crippen molar-refractivity contribution in [2.45, 2.75) is 6.54 Å². The first-order chi connectivity index (χ1) is 9.65. The molecule has 0 aromatic heterocycles. The molecule has 2 aromatic carbocycles. The quantitative estimate of drug-likeness (QED) is 0.905. The van der Waals surface area contributed by atoms with Crippen LogP contribution in [0.25, 0.3) is 0 Å². The molecule has 2 rings (SSSR count). The molecule has 20 heavy (non-hydrogen) atoms. The summed E-state index contributed by atoms with van der Waals surface area (Å²) in [4.78, 5) is 0. The lowest BCUT2D eigenvalue weighted by atomic mass is 10.1. The number of rotatable bonds is 4. The number of anilines is 1. The van der Waals surface area contributed by atoms with E-state index in [-0.39, 0.29) is 0 Å². The first kappa shape index (κ1) is 14.5. The summed E-state index contributed by atoms with van der Waals surface area (Å²) in [6.07, 6.45) is 0. The molecule has 0 unspecified atom stereocenters. The van der Waals surface area contributed by atoms with Gasteiger partial charge in [0, 0.05) is 6.54 Å². The molecule has 0 fully saturated rings. The molecule has 1 N–H and O–H groups in total. The van der Waals surface area contributed by atoms with E-state index in [2.05, 4.69) is 11.4 Å². The molecule has 0 heterocycles. The van der Waals surface area contributed by atoms with Crippen molar-refractivity contribution in [3.8, 4) is 11.8 Å². The van der Waals surface area contributed by atoms with E-state index in [4.69, 9.17) is 33.2 Å². The molecule has 0 saturated heterocycles. The van der Waals surface area contributed by atoms with Crippen molar-refractivity contribution in [3.05, 3.63) is 57.6 Å². The van der Waals surface area contributed by atoms with Gasteiger partial charge in [0.15, 0.2) is 0 Å². The van der Waals surface area contributed by atoms with E-state index in [1.165, 1.54) is 0 Å². The molecule has 5 heteroatoms. The average molecular weight is 307 g/mol. The van der Waals surface area contributed by atoms with Gasteiger partial charge >= 0.3 is 0 Å². The van der Waals surface area contributed by atoms with Crippen LogP contribution in [-0.4, -0.2) is 7.11 Å². The second-order valence-electron chi connectivity index (χ2n) is 4.10. The van der Waals surface area contributed by atoms with Crippen LogP contribution in [0, 0.1) is 11.3 Å². The topological polar surface area (TPSA) is 45.0 Å². The first-order valence-electron chi connectivity index (χ1n) is 5.90. The summed E-state index contributed by atoms with van der Waals surface area (Å²) < 4.78 is 5.26. The van der Waals surface area contributed by atoms with Crippen LogP contribution in [-0.2, 0) is 6.54 Å². The molecule has 3 nitrogen and oxygen atoms in total. The number of nitriles is 1. The fraction of sp³-hybridized carbons (Fsp3) is 0.133. The maximum Gasteiger partial charge on any atom is 0.143 e. The summed E-state index contributed by atoms with van der Waals surface area (Å²) in [6.45, 7) is 0.520. The Kier molecular flexibility index (Phi) is 4.73. The summed E-state index contributed by atoms with van der Waals surface area (Å²) >= 11 is 11.9. The minimum atomic E-state index is 0.506. The van der Waals surface area contributed by atoms with Crippen molar-refractivity contribution in [3.63, 3.8) is 0 Å². The van der Waals surface area contributed by atoms with E-state index >= 15 is 0 Å². The molecule has 0 bridgehead atoms. The maximum absolute atomic E-state index is 9.13. The number of benzene rings is 2.